The summed E-state index contributed by atoms with van der Waals surface area (Å²) in [6.45, 7) is 4.05. The SMILES string of the molecule is CCCCN=Cc1c(N)c(N)nc2ccc(CCCCCNC)cc12. The molecule has 25 heavy (non-hydrogen) atoms. The minimum atomic E-state index is 0.379. The molecule has 5 heteroatoms. The van der Waals surface area contributed by atoms with Crippen LogP contribution in [-0.4, -0.2) is 31.3 Å². The number of nitrogens with zero attached hydrogens (tertiary/aromatic N) is 2. The number of rotatable bonds is 10. The largest absolute Gasteiger partial charge is 0.395 e. The molecule has 5 N–H and O–H groups in total. The summed E-state index contributed by atoms with van der Waals surface area (Å²) >= 11 is 0. The lowest BCUT2D eigenvalue weighted by Gasteiger charge is -2.10. The number of aryl methyl sites for hydroxylation is 1. The third-order valence-electron chi connectivity index (χ3n) is 4.41. The Labute approximate surface area is 150 Å². The lowest BCUT2D eigenvalue weighted by Crippen LogP contribution is -2.07. The highest BCUT2D eigenvalue weighted by Crippen LogP contribution is 2.27. The smallest absolute Gasteiger partial charge is 0.148 e. The number of hydrogen-bond donors (Lipinski definition) is 3. The molecule has 2 aromatic rings. The summed E-state index contributed by atoms with van der Waals surface area (Å²) in [5.41, 5.74) is 15.8. The molecule has 136 valence electrons. The molecule has 0 aliphatic carbocycles. The van der Waals surface area contributed by atoms with Gasteiger partial charge in [0.15, 0.2) is 0 Å². The first-order chi connectivity index (χ1) is 12.2. The van der Waals surface area contributed by atoms with Crippen molar-refractivity contribution in [2.45, 2.75) is 45.4 Å². The number of aromatic nitrogens is 1. The number of nitrogens with one attached hydrogen (secondary N) is 1. The van der Waals surface area contributed by atoms with Gasteiger partial charge >= 0.3 is 0 Å². The van der Waals surface area contributed by atoms with Crippen molar-refractivity contribution >= 4 is 28.6 Å². The maximum absolute atomic E-state index is 6.18. The van der Waals surface area contributed by atoms with Gasteiger partial charge in [-0.15, -0.1) is 0 Å². The Bertz CT molecular complexity index is 709. The van der Waals surface area contributed by atoms with Gasteiger partial charge in [-0.3, -0.25) is 4.99 Å². The summed E-state index contributed by atoms with van der Waals surface area (Å²) in [6, 6.07) is 6.37. The zero-order valence-electron chi connectivity index (χ0n) is 15.5. The molecule has 0 radical (unpaired) electrons. The molecule has 0 unspecified atom stereocenters. The standard InChI is InChI=1S/C20H31N5/c1-3-4-12-24-14-17-16-13-15(8-6-5-7-11-23-2)9-10-18(16)25-20(22)19(17)21/h9-10,13-14,23H,3-8,11-12,21H2,1-2H3,(H2,22,25). The van der Waals surface area contributed by atoms with E-state index in [4.69, 9.17) is 11.5 Å². The van der Waals surface area contributed by atoms with Gasteiger partial charge < -0.3 is 16.8 Å². The highest BCUT2D eigenvalue weighted by Gasteiger charge is 2.10. The number of nitrogens with two attached hydrogens (primary N) is 2. The zero-order valence-corrected chi connectivity index (χ0v) is 15.5. The van der Waals surface area contributed by atoms with Crippen molar-refractivity contribution in [1.82, 2.24) is 10.3 Å². The third-order valence-corrected chi connectivity index (χ3v) is 4.41. The van der Waals surface area contributed by atoms with Gasteiger partial charge in [0.1, 0.15) is 5.82 Å². The van der Waals surface area contributed by atoms with Crippen LogP contribution in [0.25, 0.3) is 10.9 Å². The van der Waals surface area contributed by atoms with E-state index in [1.165, 1.54) is 24.8 Å². The van der Waals surface area contributed by atoms with Crippen LogP contribution in [0.5, 0.6) is 0 Å². The van der Waals surface area contributed by atoms with E-state index in [0.717, 1.165) is 48.8 Å². The minimum Gasteiger partial charge on any atom is -0.395 e. The predicted molar refractivity (Wildman–Crippen MR) is 109 cm³/mol. The molecule has 2 rings (SSSR count). The van der Waals surface area contributed by atoms with Gasteiger partial charge in [0.05, 0.1) is 11.2 Å². The zero-order chi connectivity index (χ0) is 18.1. The van der Waals surface area contributed by atoms with Crippen LogP contribution >= 0.6 is 0 Å². The Kier molecular flexibility index (Phi) is 7.67. The Morgan fingerprint density at radius 2 is 2.00 bits per heavy atom. The fourth-order valence-corrected chi connectivity index (χ4v) is 2.88. The summed E-state index contributed by atoms with van der Waals surface area (Å²) in [4.78, 5) is 8.94. The number of pyridine rings is 1. The van der Waals surface area contributed by atoms with Crippen molar-refractivity contribution in [1.29, 1.82) is 0 Å². The third kappa shape index (κ3) is 5.43. The van der Waals surface area contributed by atoms with E-state index < -0.39 is 0 Å². The minimum absolute atomic E-state index is 0.379. The molecule has 0 aliphatic rings. The molecule has 0 spiro atoms. The number of unbranched alkanes of at least 4 members (excludes halogenated alkanes) is 3. The quantitative estimate of drug-likeness (QED) is 0.455. The molecule has 0 bridgehead atoms. The van der Waals surface area contributed by atoms with Crippen molar-refractivity contribution in [2.24, 2.45) is 4.99 Å². The van der Waals surface area contributed by atoms with E-state index in [0.29, 0.717) is 11.5 Å². The second-order valence-electron chi connectivity index (χ2n) is 6.48. The number of hydrogen-bond acceptors (Lipinski definition) is 5. The molecular weight excluding hydrogens is 310 g/mol. The van der Waals surface area contributed by atoms with Gasteiger partial charge in [-0.1, -0.05) is 25.8 Å². The summed E-state index contributed by atoms with van der Waals surface area (Å²) in [5.74, 6) is 0.379. The van der Waals surface area contributed by atoms with Crippen molar-refractivity contribution < 1.29 is 0 Å². The molecule has 1 aromatic heterocycles. The summed E-state index contributed by atoms with van der Waals surface area (Å²) in [7, 11) is 2.00. The van der Waals surface area contributed by atoms with Crippen LogP contribution in [0.4, 0.5) is 11.5 Å². The van der Waals surface area contributed by atoms with Crippen molar-refractivity contribution in [3.8, 4) is 0 Å². The van der Waals surface area contributed by atoms with Gasteiger partial charge in [-0.25, -0.2) is 4.98 Å². The average Bonchev–Trinajstić information content (AvgIpc) is 2.61. The highest BCUT2D eigenvalue weighted by atomic mass is 14.9. The number of aliphatic imine (C=N–C) groups is 1. The van der Waals surface area contributed by atoms with Gasteiger partial charge in [-0.2, -0.15) is 0 Å². The molecule has 1 heterocycles. The molecule has 1 aromatic carbocycles. The normalized spacial score (nSPS) is 11.6. The molecule has 0 atom stereocenters. The number of fused-ring (bicyclic) bond motifs is 1. The van der Waals surface area contributed by atoms with E-state index in [-0.39, 0.29) is 0 Å². The monoisotopic (exact) mass is 341 g/mol. The molecule has 0 saturated heterocycles. The van der Waals surface area contributed by atoms with Gasteiger partial charge in [-0.05, 0) is 57.0 Å². The number of nitrogen functional groups attached to an aromatic ring is 2. The maximum Gasteiger partial charge on any atom is 0.148 e. The van der Waals surface area contributed by atoms with Gasteiger partial charge in [0.2, 0.25) is 0 Å². The van der Waals surface area contributed by atoms with E-state index in [2.05, 4.69) is 34.3 Å². The lowest BCUT2D eigenvalue weighted by atomic mass is 10.0. The summed E-state index contributed by atoms with van der Waals surface area (Å²) < 4.78 is 0. The Morgan fingerprint density at radius 3 is 2.76 bits per heavy atom. The maximum atomic E-state index is 6.18. The Morgan fingerprint density at radius 1 is 1.16 bits per heavy atom. The fraction of sp³-hybridized carbons (Fsp3) is 0.500. The van der Waals surface area contributed by atoms with E-state index in [9.17, 15) is 0 Å². The van der Waals surface area contributed by atoms with Crippen LogP contribution in [0, 0.1) is 0 Å². The fourth-order valence-electron chi connectivity index (χ4n) is 2.88. The summed E-state index contributed by atoms with van der Waals surface area (Å²) in [5, 5.41) is 4.23. The molecular formula is C20H31N5. The Hall–Kier alpha value is -2.14. The van der Waals surface area contributed by atoms with E-state index in [1.807, 2.05) is 19.3 Å². The van der Waals surface area contributed by atoms with E-state index in [1.54, 1.807) is 0 Å². The van der Waals surface area contributed by atoms with Crippen molar-refractivity contribution in [3.63, 3.8) is 0 Å². The summed E-state index contributed by atoms with van der Waals surface area (Å²) in [6.07, 6.45) is 8.76. The van der Waals surface area contributed by atoms with Crippen LogP contribution in [0.2, 0.25) is 0 Å². The first-order valence-corrected chi connectivity index (χ1v) is 9.29. The van der Waals surface area contributed by atoms with Crippen LogP contribution < -0.4 is 16.8 Å². The van der Waals surface area contributed by atoms with Crippen LogP contribution in [0.1, 0.15) is 50.2 Å². The first kappa shape index (κ1) is 19.2. The molecule has 0 saturated carbocycles. The number of anilines is 2. The average molecular weight is 342 g/mol. The molecule has 0 amide bonds. The van der Waals surface area contributed by atoms with Gasteiger partial charge in [0.25, 0.3) is 0 Å². The second kappa shape index (κ2) is 9.99. The van der Waals surface area contributed by atoms with Crippen LogP contribution in [-0.2, 0) is 6.42 Å². The Balaban J connectivity index is 2.22. The van der Waals surface area contributed by atoms with Crippen LogP contribution in [0.15, 0.2) is 23.2 Å². The first-order valence-electron chi connectivity index (χ1n) is 9.29. The van der Waals surface area contributed by atoms with Crippen LogP contribution in [0.3, 0.4) is 0 Å². The number of benzene rings is 1. The topological polar surface area (TPSA) is 89.3 Å². The molecule has 5 nitrogen and oxygen atoms in total. The van der Waals surface area contributed by atoms with Gasteiger partial charge in [0, 0.05) is 23.7 Å². The second-order valence-corrected chi connectivity index (χ2v) is 6.48. The highest BCUT2D eigenvalue weighted by molar-refractivity contribution is 6.05. The predicted octanol–water partition coefficient (Wildman–Crippen LogP) is 3.55. The molecule has 0 fully saturated rings. The molecule has 0 aliphatic heterocycles. The van der Waals surface area contributed by atoms with Crippen molar-refractivity contribution in [2.75, 3.05) is 31.6 Å². The lowest BCUT2D eigenvalue weighted by molar-refractivity contribution is 0.642. The van der Waals surface area contributed by atoms with Crippen molar-refractivity contribution in [3.05, 3.63) is 29.3 Å². The van der Waals surface area contributed by atoms with E-state index >= 15 is 0 Å².